The molecule has 1 aromatic heterocycles. The highest BCUT2D eigenvalue weighted by Gasteiger charge is 2.21. The van der Waals surface area contributed by atoms with Gasteiger partial charge in [-0.05, 0) is 35.7 Å². The topological polar surface area (TPSA) is 41.6 Å². The largest absolute Gasteiger partial charge is 0.490 e. The Morgan fingerprint density at radius 3 is 2.74 bits per heavy atom. The van der Waals surface area contributed by atoms with Crippen molar-refractivity contribution in [1.29, 1.82) is 0 Å². The number of thiophene rings is 1. The van der Waals surface area contributed by atoms with Crippen molar-refractivity contribution in [1.82, 2.24) is 5.32 Å². The molecule has 4 rings (SSSR count). The van der Waals surface area contributed by atoms with Crippen LogP contribution in [0.2, 0.25) is 0 Å². The molecule has 3 aromatic rings. The summed E-state index contributed by atoms with van der Waals surface area (Å²) in [7, 11) is 0. The predicted octanol–water partition coefficient (Wildman–Crippen LogP) is 4.81. The van der Waals surface area contributed by atoms with Crippen molar-refractivity contribution in [3.8, 4) is 5.75 Å². The molecule has 4 nitrogen and oxygen atoms in total. The smallest absolute Gasteiger partial charge is 0.261 e. The third-order valence-corrected chi connectivity index (χ3v) is 5.85. The van der Waals surface area contributed by atoms with E-state index in [-0.39, 0.29) is 11.8 Å². The average molecular weight is 378 g/mol. The lowest BCUT2D eigenvalue weighted by atomic mass is 10.0. The van der Waals surface area contributed by atoms with Crippen molar-refractivity contribution in [2.24, 2.45) is 0 Å². The van der Waals surface area contributed by atoms with Crippen molar-refractivity contribution in [2.75, 3.05) is 24.6 Å². The first kappa shape index (κ1) is 17.6. The van der Waals surface area contributed by atoms with Crippen LogP contribution >= 0.6 is 11.3 Å². The maximum atomic E-state index is 12.6. The quantitative estimate of drug-likeness (QED) is 0.693. The fourth-order valence-corrected chi connectivity index (χ4v) is 4.19. The van der Waals surface area contributed by atoms with Gasteiger partial charge in [0.05, 0.1) is 22.1 Å². The van der Waals surface area contributed by atoms with E-state index >= 15 is 0 Å². The number of hydrogen-bond donors (Lipinski definition) is 1. The van der Waals surface area contributed by atoms with Gasteiger partial charge in [0.25, 0.3) is 5.91 Å². The number of hydrogen-bond acceptors (Lipinski definition) is 4. The Morgan fingerprint density at radius 1 is 1.11 bits per heavy atom. The number of anilines is 2. The molecule has 0 spiro atoms. The molecule has 27 heavy (non-hydrogen) atoms. The number of nitrogens with zero attached hydrogens (tertiary/aromatic N) is 1. The van der Waals surface area contributed by atoms with Crippen LogP contribution in [0.25, 0.3) is 0 Å². The zero-order chi connectivity index (χ0) is 18.6. The summed E-state index contributed by atoms with van der Waals surface area (Å²) in [6.07, 6.45) is 0. The summed E-state index contributed by atoms with van der Waals surface area (Å²) in [5.41, 5.74) is 2.28. The highest BCUT2D eigenvalue weighted by molar-refractivity contribution is 7.18. The Morgan fingerprint density at radius 2 is 1.89 bits per heavy atom. The number of benzene rings is 2. The Kier molecular flexibility index (Phi) is 5.12. The predicted molar refractivity (Wildman–Crippen MR) is 110 cm³/mol. The van der Waals surface area contributed by atoms with Crippen LogP contribution in [0.1, 0.15) is 28.1 Å². The second-order valence-corrected chi connectivity index (χ2v) is 7.69. The monoisotopic (exact) mass is 378 g/mol. The molecular weight excluding hydrogens is 356 g/mol. The molecule has 138 valence electrons. The van der Waals surface area contributed by atoms with Crippen molar-refractivity contribution in [3.05, 3.63) is 77.2 Å². The molecule has 1 atom stereocenters. The van der Waals surface area contributed by atoms with Crippen molar-refractivity contribution in [3.63, 3.8) is 0 Å². The Labute approximate surface area is 163 Å². The lowest BCUT2D eigenvalue weighted by Gasteiger charge is -2.29. The molecule has 5 heteroatoms. The van der Waals surface area contributed by atoms with Crippen LogP contribution in [0.4, 0.5) is 10.7 Å². The maximum Gasteiger partial charge on any atom is 0.261 e. The molecule has 0 radical (unpaired) electrons. The van der Waals surface area contributed by atoms with Gasteiger partial charge in [-0.1, -0.05) is 49.4 Å². The Balaban J connectivity index is 1.43. The molecule has 0 saturated carbocycles. The number of rotatable bonds is 5. The average Bonchev–Trinajstić information content (AvgIpc) is 3.22. The second-order valence-electron chi connectivity index (χ2n) is 6.63. The molecule has 2 heterocycles. The van der Waals surface area contributed by atoms with E-state index in [1.807, 2.05) is 48.5 Å². The van der Waals surface area contributed by atoms with Gasteiger partial charge in [0, 0.05) is 6.54 Å². The minimum Gasteiger partial charge on any atom is -0.490 e. The van der Waals surface area contributed by atoms with Crippen molar-refractivity contribution < 1.29 is 9.53 Å². The van der Waals surface area contributed by atoms with Gasteiger partial charge in [0.2, 0.25) is 0 Å². The fourth-order valence-electron chi connectivity index (χ4n) is 3.23. The minimum absolute atomic E-state index is 0.0180. The SMILES string of the molecule is C[C@H](CNC(=O)c1ccc(N2CCOc3ccccc32)s1)c1ccccc1. The fraction of sp³-hybridized carbons (Fsp3) is 0.227. The van der Waals surface area contributed by atoms with Crippen LogP contribution in [0.15, 0.2) is 66.7 Å². The summed E-state index contributed by atoms with van der Waals surface area (Å²) in [4.78, 5) is 15.5. The number of carbonyl (C=O) groups excluding carboxylic acids is 1. The molecule has 0 saturated heterocycles. The number of nitrogens with one attached hydrogen (secondary N) is 1. The van der Waals surface area contributed by atoms with Crippen LogP contribution in [0, 0.1) is 0 Å². The van der Waals surface area contributed by atoms with E-state index < -0.39 is 0 Å². The van der Waals surface area contributed by atoms with Crippen LogP contribution < -0.4 is 15.0 Å². The molecule has 1 amide bonds. The molecule has 1 aliphatic heterocycles. The number of ether oxygens (including phenoxy) is 1. The van der Waals surface area contributed by atoms with E-state index in [1.165, 1.54) is 16.9 Å². The zero-order valence-electron chi connectivity index (χ0n) is 15.2. The summed E-state index contributed by atoms with van der Waals surface area (Å²) in [5.74, 6) is 1.15. The van der Waals surface area contributed by atoms with E-state index in [0.717, 1.165) is 27.9 Å². The first-order chi connectivity index (χ1) is 13.2. The van der Waals surface area contributed by atoms with Crippen molar-refractivity contribution in [2.45, 2.75) is 12.8 Å². The number of carbonyl (C=O) groups is 1. The minimum atomic E-state index is -0.0180. The molecule has 2 aromatic carbocycles. The van der Waals surface area contributed by atoms with Gasteiger partial charge in [-0.15, -0.1) is 11.3 Å². The zero-order valence-corrected chi connectivity index (χ0v) is 16.0. The van der Waals surface area contributed by atoms with E-state index in [0.29, 0.717) is 13.2 Å². The molecule has 0 aliphatic carbocycles. The number of amides is 1. The van der Waals surface area contributed by atoms with Crippen LogP contribution in [0.3, 0.4) is 0 Å². The first-order valence-electron chi connectivity index (χ1n) is 9.15. The van der Waals surface area contributed by atoms with Gasteiger partial charge in [-0.3, -0.25) is 4.79 Å². The van der Waals surface area contributed by atoms with Gasteiger partial charge in [-0.2, -0.15) is 0 Å². The molecular formula is C22H22N2O2S. The third kappa shape index (κ3) is 3.83. The summed E-state index contributed by atoms with van der Waals surface area (Å²) >= 11 is 1.52. The van der Waals surface area contributed by atoms with Crippen LogP contribution in [-0.2, 0) is 0 Å². The number of para-hydroxylation sites is 2. The second kappa shape index (κ2) is 7.84. The van der Waals surface area contributed by atoms with Gasteiger partial charge in [0.1, 0.15) is 12.4 Å². The standard InChI is InChI=1S/C22H22N2O2S/c1-16(17-7-3-2-4-8-17)15-23-22(25)20-11-12-21(27-20)24-13-14-26-19-10-6-5-9-18(19)24/h2-12,16H,13-15H2,1H3,(H,23,25)/t16-/m1/s1. The summed E-state index contributed by atoms with van der Waals surface area (Å²) in [5, 5.41) is 4.12. The maximum absolute atomic E-state index is 12.6. The van der Waals surface area contributed by atoms with Gasteiger partial charge in [0.15, 0.2) is 0 Å². The van der Waals surface area contributed by atoms with Crippen LogP contribution in [0.5, 0.6) is 5.75 Å². The van der Waals surface area contributed by atoms with Gasteiger partial charge < -0.3 is 15.0 Å². The summed E-state index contributed by atoms with van der Waals surface area (Å²) in [6.45, 7) is 4.17. The lowest BCUT2D eigenvalue weighted by Crippen LogP contribution is -2.28. The third-order valence-electron chi connectivity index (χ3n) is 4.75. The summed E-state index contributed by atoms with van der Waals surface area (Å²) < 4.78 is 5.72. The highest BCUT2D eigenvalue weighted by Crippen LogP contribution is 2.39. The first-order valence-corrected chi connectivity index (χ1v) is 9.96. The number of fused-ring (bicyclic) bond motifs is 1. The lowest BCUT2D eigenvalue weighted by molar-refractivity contribution is 0.0955. The molecule has 0 unspecified atom stereocenters. The molecule has 1 N–H and O–H groups in total. The Hall–Kier alpha value is -2.79. The molecule has 1 aliphatic rings. The molecule has 0 bridgehead atoms. The highest BCUT2D eigenvalue weighted by atomic mass is 32.1. The van der Waals surface area contributed by atoms with E-state index in [1.54, 1.807) is 0 Å². The van der Waals surface area contributed by atoms with E-state index in [2.05, 4.69) is 35.3 Å². The van der Waals surface area contributed by atoms with Crippen molar-refractivity contribution >= 4 is 27.9 Å². The normalized spacial score (nSPS) is 14.2. The van der Waals surface area contributed by atoms with E-state index in [4.69, 9.17) is 4.74 Å². The van der Waals surface area contributed by atoms with E-state index in [9.17, 15) is 4.79 Å². The van der Waals surface area contributed by atoms with Crippen LogP contribution in [-0.4, -0.2) is 25.6 Å². The Bertz CT molecular complexity index is 923. The molecule has 0 fully saturated rings. The van der Waals surface area contributed by atoms with Gasteiger partial charge >= 0.3 is 0 Å². The van der Waals surface area contributed by atoms with Gasteiger partial charge in [-0.25, -0.2) is 0 Å². The summed E-state index contributed by atoms with van der Waals surface area (Å²) in [6, 6.07) is 22.2.